The zero-order valence-electron chi connectivity index (χ0n) is 35.0. The van der Waals surface area contributed by atoms with Gasteiger partial charge in [0.05, 0.1) is 0 Å². The molecule has 0 unspecified atom stereocenters. The minimum Gasteiger partial charge on any atom is -0.310 e. The van der Waals surface area contributed by atoms with Gasteiger partial charge in [0.15, 0.2) is 0 Å². The van der Waals surface area contributed by atoms with Crippen molar-refractivity contribution in [2.75, 3.05) is 4.90 Å². The van der Waals surface area contributed by atoms with Crippen LogP contribution in [-0.4, -0.2) is 0 Å². The number of para-hydroxylation sites is 2. The third-order valence-electron chi connectivity index (χ3n) is 12.8. The summed E-state index contributed by atoms with van der Waals surface area (Å²) in [6, 6.07) is 81.8. The third-order valence-corrected chi connectivity index (χ3v) is 12.8. The Morgan fingerprint density at radius 2 is 0.790 bits per heavy atom. The molecule has 0 radical (unpaired) electrons. The van der Waals surface area contributed by atoms with Crippen molar-refractivity contribution in [2.24, 2.45) is 0 Å². The van der Waals surface area contributed by atoms with Gasteiger partial charge in [-0.05, 0) is 131 Å². The summed E-state index contributed by atoms with van der Waals surface area (Å²) >= 11 is 0. The van der Waals surface area contributed by atoms with Gasteiger partial charge in [-0.15, -0.1) is 0 Å². The van der Waals surface area contributed by atoms with Crippen LogP contribution >= 0.6 is 0 Å². The maximum atomic E-state index is 2.40. The maximum absolute atomic E-state index is 2.40. The molecular weight excluding hydrogens is 747 g/mol. The molecule has 1 nitrogen and oxygen atoms in total. The second-order valence-electron chi connectivity index (χ2n) is 16.9. The van der Waals surface area contributed by atoms with Crippen LogP contribution in [0.5, 0.6) is 0 Å². The highest BCUT2D eigenvalue weighted by molar-refractivity contribution is 6.22. The van der Waals surface area contributed by atoms with Crippen LogP contribution in [0.15, 0.2) is 224 Å². The highest BCUT2D eigenvalue weighted by Gasteiger charge is 2.36. The van der Waals surface area contributed by atoms with E-state index in [1.807, 2.05) is 0 Å². The topological polar surface area (TPSA) is 3.24 Å². The number of hydrogen-bond donors (Lipinski definition) is 0. The van der Waals surface area contributed by atoms with Crippen LogP contribution in [0.25, 0.3) is 78.2 Å². The molecule has 10 aromatic rings. The van der Waals surface area contributed by atoms with Crippen LogP contribution in [0, 0.1) is 0 Å². The number of anilines is 3. The molecule has 0 heterocycles. The van der Waals surface area contributed by atoms with Gasteiger partial charge in [0.1, 0.15) is 0 Å². The van der Waals surface area contributed by atoms with Crippen molar-refractivity contribution >= 4 is 50.8 Å². The van der Waals surface area contributed by atoms with E-state index in [0.717, 1.165) is 17.1 Å². The van der Waals surface area contributed by atoms with E-state index in [1.54, 1.807) is 0 Å². The molecule has 62 heavy (non-hydrogen) atoms. The second-order valence-corrected chi connectivity index (χ2v) is 16.9. The number of rotatable bonds is 8. The van der Waals surface area contributed by atoms with E-state index >= 15 is 0 Å². The Balaban J connectivity index is 0.897. The maximum Gasteiger partial charge on any atom is 0.0465 e. The normalized spacial score (nSPS) is 12.7. The summed E-state index contributed by atoms with van der Waals surface area (Å²) in [6.07, 6.45) is 4.49. The minimum absolute atomic E-state index is 0.151. The third kappa shape index (κ3) is 6.51. The Morgan fingerprint density at radius 1 is 0.323 bits per heavy atom. The van der Waals surface area contributed by atoms with Crippen LogP contribution in [-0.2, 0) is 5.41 Å². The molecule has 0 N–H and O–H groups in total. The Morgan fingerprint density at radius 3 is 1.40 bits per heavy atom. The summed E-state index contributed by atoms with van der Waals surface area (Å²) in [4.78, 5) is 2.35. The average molecular weight is 792 g/mol. The van der Waals surface area contributed by atoms with Crippen molar-refractivity contribution in [3.8, 4) is 44.5 Å². The smallest absolute Gasteiger partial charge is 0.0465 e. The molecule has 0 aliphatic heterocycles. The van der Waals surface area contributed by atoms with Crippen LogP contribution < -0.4 is 4.90 Å². The van der Waals surface area contributed by atoms with E-state index in [9.17, 15) is 0 Å². The molecule has 1 aliphatic carbocycles. The van der Waals surface area contributed by atoms with Gasteiger partial charge in [-0.1, -0.05) is 208 Å². The predicted octanol–water partition coefficient (Wildman–Crippen LogP) is 16.9. The van der Waals surface area contributed by atoms with Crippen molar-refractivity contribution in [3.05, 3.63) is 247 Å². The van der Waals surface area contributed by atoms with E-state index in [2.05, 4.69) is 255 Å². The molecule has 0 aromatic heterocycles. The van der Waals surface area contributed by atoms with Crippen molar-refractivity contribution in [3.63, 3.8) is 0 Å². The quantitative estimate of drug-likeness (QED) is 0.109. The molecule has 0 fully saturated rings. The molecule has 0 saturated heterocycles. The second kappa shape index (κ2) is 15.4. The van der Waals surface area contributed by atoms with Crippen LogP contribution in [0.2, 0.25) is 0 Å². The Bertz CT molecular complexity index is 3230. The first-order valence-corrected chi connectivity index (χ1v) is 21.6. The Labute approximate surface area is 364 Å². The number of nitrogens with zero attached hydrogens (tertiary/aromatic N) is 1. The lowest BCUT2D eigenvalue weighted by Crippen LogP contribution is -2.16. The van der Waals surface area contributed by atoms with Gasteiger partial charge >= 0.3 is 0 Å². The number of fused-ring (bicyclic) bond motifs is 6. The van der Waals surface area contributed by atoms with E-state index in [0.29, 0.717) is 0 Å². The highest BCUT2D eigenvalue weighted by atomic mass is 15.1. The van der Waals surface area contributed by atoms with Crippen LogP contribution in [0.1, 0.15) is 36.1 Å². The van der Waals surface area contributed by atoms with Gasteiger partial charge in [0.2, 0.25) is 0 Å². The summed E-state index contributed by atoms with van der Waals surface area (Å²) in [6.45, 7) is 4.73. The molecule has 0 atom stereocenters. The Hall–Kier alpha value is -7.74. The molecular formula is C61H45N. The van der Waals surface area contributed by atoms with Gasteiger partial charge in [0.25, 0.3) is 0 Å². The molecule has 0 saturated carbocycles. The molecule has 294 valence electrons. The first kappa shape index (κ1) is 37.3. The fraction of sp³-hybridized carbons (Fsp3) is 0.0492. The lowest BCUT2D eigenvalue weighted by atomic mass is 9.81. The molecule has 0 spiro atoms. The zero-order valence-corrected chi connectivity index (χ0v) is 35.0. The fourth-order valence-corrected chi connectivity index (χ4v) is 9.75. The van der Waals surface area contributed by atoms with Gasteiger partial charge in [-0.25, -0.2) is 0 Å². The summed E-state index contributed by atoms with van der Waals surface area (Å²) < 4.78 is 0. The van der Waals surface area contributed by atoms with Gasteiger partial charge < -0.3 is 4.90 Å². The summed E-state index contributed by atoms with van der Waals surface area (Å²) in [5.41, 5.74) is 18.5. The van der Waals surface area contributed by atoms with Gasteiger partial charge in [-0.3, -0.25) is 0 Å². The van der Waals surface area contributed by atoms with Gasteiger partial charge in [-0.2, -0.15) is 0 Å². The number of benzene rings is 10. The molecule has 11 rings (SSSR count). The van der Waals surface area contributed by atoms with Gasteiger partial charge in [0, 0.05) is 22.5 Å². The molecule has 1 heteroatoms. The fourth-order valence-electron chi connectivity index (χ4n) is 9.75. The van der Waals surface area contributed by atoms with Crippen LogP contribution in [0.3, 0.4) is 0 Å². The average Bonchev–Trinajstić information content (AvgIpc) is 3.56. The van der Waals surface area contributed by atoms with Crippen molar-refractivity contribution in [2.45, 2.75) is 19.3 Å². The van der Waals surface area contributed by atoms with Crippen molar-refractivity contribution < 1.29 is 0 Å². The zero-order chi connectivity index (χ0) is 41.6. The lowest BCUT2D eigenvalue weighted by Gasteiger charge is -2.28. The molecule has 1 aliphatic rings. The molecule has 10 aromatic carbocycles. The minimum atomic E-state index is -0.151. The van der Waals surface area contributed by atoms with Crippen LogP contribution in [0.4, 0.5) is 17.1 Å². The SMILES string of the molecule is CC1(C)c2cc(/C=C/c3ccc(-c4ccc5c(-c6ccccc6)c(-c6ccccc6)c6ccccc6c5c4)cc3)ccc2-c2ccc(N(c3ccccc3)c3ccccc3)cc21. The monoisotopic (exact) mass is 791 g/mol. The van der Waals surface area contributed by atoms with E-state index in [-0.39, 0.29) is 5.41 Å². The predicted molar refractivity (Wildman–Crippen MR) is 265 cm³/mol. The van der Waals surface area contributed by atoms with Crippen molar-refractivity contribution in [1.29, 1.82) is 0 Å². The summed E-state index contributed by atoms with van der Waals surface area (Å²) in [7, 11) is 0. The van der Waals surface area contributed by atoms with E-state index < -0.39 is 0 Å². The largest absolute Gasteiger partial charge is 0.310 e. The van der Waals surface area contributed by atoms with E-state index in [1.165, 1.54) is 88.3 Å². The first-order valence-electron chi connectivity index (χ1n) is 21.6. The summed E-state index contributed by atoms with van der Waals surface area (Å²) in [5, 5.41) is 5.07. The Kier molecular flexibility index (Phi) is 9.24. The molecule has 0 amide bonds. The first-order chi connectivity index (χ1) is 30.5. The van der Waals surface area contributed by atoms with E-state index in [4.69, 9.17) is 0 Å². The summed E-state index contributed by atoms with van der Waals surface area (Å²) in [5.74, 6) is 0. The number of hydrogen-bond acceptors (Lipinski definition) is 1. The van der Waals surface area contributed by atoms with Crippen molar-refractivity contribution in [1.82, 2.24) is 0 Å². The highest BCUT2D eigenvalue weighted by Crippen LogP contribution is 2.51. The molecule has 0 bridgehead atoms. The lowest BCUT2D eigenvalue weighted by molar-refractivity contribution is 0.660. The standard InChI is InChI=1S/C61H45N/c1-61(2)57-39-43(31-36-52(57)53-38-35-50(41-58(53)61)62(48-21-11-5-12-22-48)49-23-13-6-14-24-49)28-27-42-29-32-44(33-30-42)47-34-37-55-56(40-47)51-25-15-16-26-54(51)59(45-17-7-3-8-18-45)60(55)46-19-9-4-10-20-46/h3-41H,1-2H3/b28-27+.